The van der Waals surface area contributed by atoms with Gasteiger partial charge >= 0.3 is 0 Å². The van der Waals surface area contributed by atoms with Gasteiger partial charge in [-0.15, -0.1) is 0 Å². The summed E-state index contributed by atoms with van der Waals surface area (Å²) in [5, 5.41) is 19.7. The zero-order valence-electron chi connectivity index (χ0n) is 38.6. The zero-order valence-corrected chi connectivity index (χ0v) is 38.6. The van der Waals surface area contributed by atoms with Crippen molar-refractivity contribution in [3.63, 3.8) is 0 Å². The first-order valence-corrected chi connectivity index (χ1v) is 22.9. The van der Waals surface area contributed by atoms with Gasteiger partial charge in [-0.25, -0.2) is 0 Å². The van der Waals surface area contributed by atoms with Crippen LogP contribution >= 0.6 is 0 Å². The third kappa shape index (κ3) is 10.3. The number of morpholine rings is 1. The van der Waals surface area contributed by atoms with Gasteiger partial charge in [-0.1, -0.05) is 69.3 Å². The number of hydroxylamine groups is 2. The molecule has 8 rings (SSSR count). The molecule has 2 heterocycles. The summed E-state index contributed by atoms with van der Waals surface area (Å²) in [5.41, 5.74) is 5.44. The van der Waals surface area contributed by atoms with Gasteiger partial charge in [0.15, 0.2) is 0 Å². The van der Waals surface area contributed by atoms with Crippen LogP contribution in [0, 0.1) is 29.1 Å². The number of amides is 2. The van der Waals surface area contributed by atoms with Crippen molar-refractivity contribution < 1.29 is 29.0 Å². The van der Waals surface area contributed by atoms with E-state index >= 15 is 0 Å². The van der Waals surface area contributed by atoms with Crippen LogP contribution in [0.4, 0.5) is 5.69 Å². The van der Waals surface area contributed by atoms with Crippen LogP contribution in [0.3, 0.4) is 0 Å². The summed E-state index contributed by atoms with van der Waals surface area (Å²) in [6.07, 6.45) is 1.76. The molecule has 3 N–H and O–H groups in total. The summed E-state index contributed by atoms with van der Waals surface area (Å²) >= 11 is 0. The number of aliphatic hydroxyl groups excluding tert-OH is 1. The van der Waals surface area contributed by atoms with Crippen molar-refractivity contribution in [1.82, 2.24) is 25.5 Å². The van der Waals surface area contributed by atoms with Crippen LogP contribution in [0.15, 0.2) is 66.7 Å². The highest BCUT2D eigenvalue weighted by Gasteiger charge is 2.57. The van der Waals surface area contributed by atoms with E-state index in [1.165, 1.54) is 6.42 Å². The highest BCUT2D eigenvalue weighted by molar-refractivity contribution is 5.97. The molecular weight excluding hydrogens is 781 g/mol. The standard InChI is InChI=1S/C50H72N6O6/c1-32-43-28-39(50(43,4)5)29-44(32)52-49(59)46-45(33(2)57)34(3)62-56(46)30-36-16-13-17-42(47(36)61-23-20-55-18-21-60-22-19-55)37-25-38(27-41(26-37)54(8)9)48(58)51-40(31-53(6)7)24-35-14-11-10-12-15-35/h10-17,25-27,32-34,39-40,43-46,57H,18-24,28-31H2,1-9H3,(H,51,58)(H,52,59)/t32-,33-,34?,39+,40-,43-,44-,45+,46-/m0/s1. The second-order valence-corrected chi connectivity index (χ2v) is 19.6. The van der Waals surface area contributed by atoms with Gasteiger partial charge in [0.25, 0.3) is 5.91 Å². The fraction of sp³-hybridized carbons (Fsp3) is 0.600. The molecular formula is C50H72N6O6. The predicted molar refractivity (Wildman–Crippen MR) is 245 cm³/mol. The molecule has 338 valence electrons. The van der Waals surface area contributed by atoms with Gasteiger partial charge < -0.3 is 35.0 Å². The molecule has 5 fully saturated rings. The van der Waals surface area contributed by atoms with E-state index in [4.69, 9.17) is 14.3 Å². The number of fused-ring (bicyclic) bond motifs is 2. The molecule has 0 radical (unpaired) electrons. The minimum absolute atomic E-state index is 0.0842. The smallest absolute Gasteiger partial charge is 0.251 e. The Hall–Kier alpha value is -4.04. The van der Waals surface area contributed by atoms with E-state index < -0.39 is 18.1 Å². The number of para-hydroxylation sites is 1. The average molecular weight is 853 g/mol. The Morgan fingerprint density at radius 1 is 0.984 bits per heavy atom. The molecule has 3 aromatic carbocycles. The number of nitrogens with zero attached hydrogens (tertiary/aromatic N) is 4. The molecule has 9 atom stereocenters. The molecule has 2 bridgehead atoms. The number of anilines is 1. The first-order chi connectivity index (χ1) is 29.6. The van der Waals surface area contributed by atoms with Crippen LogP contribution < -0.4 is 20.3 Å². The monoisotopic (exact) mass is 853 g/mol. The van der Waals surface area contributed by atoms with Crippen molar-refractivity contribution in [2.24, 2.45) is 29.1 Å². The van der Waals surface area contributed by atoms with Gasteiger partial charge in [-0.05, 0) is 99.7 Å². The Morgan fingerprint density at radius 3 is 2.39 bits per heavy atom. The SMILES string of the molecule is CC1ON(Cc2cccc(-c3cc(C(=O)N[C@@H](Cc4ccccc4)CN(C)C)cc(N(C)C)c3)c2OCCN2CCOCC2)[C@H](C(=O)N[C@H]2C[C@H]3C[C@@H]([C@@H]2C)C3(C)C)[C@@H]1[C@H](C)O. The van der Waals surface area contributed by atoms with E-state index in [9.17, 15) is 14.7 Å². The fourth-order valence-corrected chi connectivity index (χ4v) is 10.8. The molecule has 2 saturated heterocycles. The first-order valence-electron chi connectivity index (χ1n) is 22.9. The fourth-order valence-electron chi connectivity index (χ4n) is 10.8. The average Bonchev–Trinajstić information content (AvgIpc) is 3.57. The van der Waals surface area contributed by atoms with Gasteiger partial charge in [0.05, 0.1) is 32.0 Å². The lowest BCUT2D eigenvalue weighted by Crippen LogP contribution is -2.62. The molecule has 2 amide bonds. The van der Waals surface area contributed by atoms with Crippen LogP contribution in [0.1, 0.15) is 68.9 Å². The number of likely N-dealkylation sites (N-methyl/N-ethyl adjacent to an activating group) is 1. The number of rotatable bonds is 17. The normalized spacial score (nSPS) is 27.0. The predicted octanol–water partition coefficient (Wildman–Crippen LogP) is 5.72. The summed E-state index contributed by atoms with van der Waals surface area (Å²) in [5.74, 6) is 1.56. The van der Waals surface area contributed by atoms with Crippen LogP contribution in [-0.4, -0.2) is 136 Å². The maximum atomic E-state index is 14.5. The van der Waals surface area contributed by atoms with E-state index in [0.29, 0.717) is 67.3 Å². The van der Waals surface area contributed by atoms with Crippen LogP contribution in [0.5, 0.6) is 5.75 Å². The molecule has 3 aliphatic carbocycles. The number of hydrogen-bond acceptors (Lipinski definition) is 10. The highest BCUT2D eigenvalue weighted by atomic mass is 16.7. The lowest BCUT2D eigenvalue weighted by atomic mass is 9.45. The molecule has 12 heteroatoms. The highest BCUT2D eigenvalue weighted by Crippen LogP contribution is 2.61. The molecule has 5 aliphatic rings. The van der Waals surface area contributed by atoms with Crippen molar-refractivity contribution in [2.45, 2.75) is 90.8 Å². The van der Waals surface area contributed by atoms with Crippen molar-refractivity contribution >= 4 is 17.5 Å². The summed E-state index contributed by atoms with van der Waals surface area (Å²) in [6, 6.07) is 21.6. The second-order valence-electron chi connectivity index (χ2n) is 19.6. The number of carbonyl (C=O) groups is 2. The first kappa shape index (κ1) is 46.0. The van der Waals surface area contributed by atoms with Gasteiger partial charge in [-0.3, -0.25) is 19.3 Å². The number of ether oxygens (including phenoxy) is 2. The van der Waals surface area contributed by atoms with Gasteiger partial charge in [-0.2, -0.15) is 5.06 Å². The van der Waals surface area contributed by atoms with E-state index in [1.807, 2.05) is 88.5 Å². The molecule has 0 aromatic heterocycles. The Morgan fingerprint density at radius 2 is 1.73 bits per heavy atom. The van der Waals surface area contributed by atoms with Crippen molar-refractivity contribution in [3.05, 3.63) is 83.4 Å². The van der Waals surface area contributed by atoms with E-state index in [0.717, 1.165) is 54.0 Å². The van der Waals surface area contributed by atoms with Crippen molar-refractivity contribution in [2.75, 3.05) is 79.1 Å². The van der Waals surface area contributed by atoms with Gasteiger partial charge in [0, 0.05) is 80.7 Å². The molecule has 2 aliphatic heterocycles. The minimum atomic E-state index is -0.763. The molecule has 1 unspecified atom stereocenters. The lowest BCUT2D eigenvalue weighted by Gasteiger charge is -2.62. The van der Waals surface area contributed by atoms with Crippen LogP contribution in [0.25, 0.3) is 11.1 Å². The molecule has 0 spiro atoms. The Labute approximate surface area is 370 Å². The topological polar surface area (TPSA) is 119 Å². The molecule has 3 aromatic rings. The summed E-state index contributed by atoms with van der Waals surface area (Å²) in [6.45, 7) is 15.9. The molecule has 3 saturated carbocycles. The van der Waals surface area contributed by atoms with E-state index in [-0.39, 0.29) is 36.5 Å². The lowest BCUT2D eigenvalue weighted by molar-refractivity contribution is -0.174. The quantitative estimate of drug-likeness (QED) is 0.156. The van der Waals surface area contributed by atoms with Crippen LogP contribution in [0.2, 0.25) is 0 Å². The molecule has 62 heavy (non-hydrogen) atoms. The van der Waals surface area contributed by atoms with Crippen molar-refractivity contribution in [3.8, 4) is 16.9 Å². The number of nitrogens with one attached hydrogen (secondary N) is 2. The maximum absolute atomic E-state index is 14.5. The number of benzene rings is 3. The maximum Gasteiger partial charge on any atom is 0.251 e. The van der Waals surface area contributed by atoms with Crippen molar-refractivity contribution in [1.29, 1.82) is 0 Å². The third-order valence-corrected chi connectivity index (χ3v) is 14.5. The van der Waals surface area contributed by atoms with E-state index in [1.54, 1.807) is 12.0 Å². The minimum Gasteiger partial charge on any atom is -0.491 e. The number of hydrogen-bond donors (Lipinski definition) is 3. The largest absolute Gasteiger partial charge is 0.491 e. The second kappa shape index (κ2) is 19.8. The molecule has 12 nitrogen and oxygen atoms in total. The van der Waals surface area contributed by atoms with Crippen LogP contribution in [-0.2, 0) is 27.3 Å². The van der Waals surface area contributed by atoms with Gasteiger partial charge in [0.2, 0.25) is 5.91 Å². The van der Waals surface area contributed by atoms with Gasteiger partial charge in [0.1, 0.15) is 18.4 Å². The summed E-state index contributed by atoms with van der Waals surface area (Å²) < 4.78 is 12.5. The third-order valence-electron chi connectivity index (χ3n) is 14.5. The Kier molecular flexibility index (Phi) is 14.7. The Balaban J connectivity index is 1.20. The summed E-state index contributed by atoms with van der Waals surface area (Å²) in [4.78, 5) is 41.8. The summed E-state index contributed by atoms with van der Waals surface area (Å²) in [7, 11) is 8.01. The Bertz CT molecular complexity index is 1990. The zero-order chi connectivity index (χ0) is 44.3. The number of carbonyl (C=O) groups excluding carboxylic acids is 2. The van der Waals surface area contributed by atoms with E-state index in [2.05, 4.69) is 59.4 Å². The number of aliphatic hydroxyl groups is 1.